The number of ether oxygens (including phenoxy) is 1. The summed E-state index contributed by atoms with van der Waals surface area (Å²) in [7, 11) is 1.40. The second kappa shape index (κ2) is 9.27. The van der Waals surface area contributed by atoms with E-state index in [2.05, 4.69) is 4.90 Å². The molecule has 6 nitrogen and oxygen atoms in total. The van der Waals surface area contributed by atoms with Gasteiger partial charge in [0.15, 0.2) is 0 Å². The van der Waals surface area contributed by atoms with Gasteiger partial charge in [-0.15, -0.1) is 0 Å². The minimum Gasteiger partial charge on any atom is -0.469 e. The smallest absolute Gasteiger partial charge is 0.307 e. The molecule has 1 rings (SSSR count). The lowest BCUT2D eigenvalue weighted by molar-refractivity contribution is -0.143. The second-order valence-electron chi connectivity index (χ2n) is 5.38. The Kier molecular flexibility index (Phi) is 8.06. The van der Waals surface area contributed by atoms with Gasteiger partial charge in [0, 0.05) is 32.2 Å². The Morgan fingerprint density at radius 2 is 1.90 bits per heavy atom. The lowest BCUT2D eigenvalue weighted by Gasteiger charge is -2.38. The van der Waals surface area contributed by atoms with Crippen LogP contribution in [0.15, 0.2) is 0 Å². The highest BCUT2D eigenvalue weighted by molar-refractivity contribution is 7.98. The molecule has 2 atom stereocenters. The first-order valence-electron chi connectivity index (χ1n) is 7.33. The third-order valence-corrected chi connectivity index (χ3v) is 4.53. The van der Waals surface area contributed by atoms with Crippen molar-refractivity contribution < 1.29 is 14.3 Å². The van der Waals surface area contributed by atoms with Crippen molar-refractivity contribution in [1.82, 2.24) is 9.80 Å². The molecule has 0 aromatic heterocycles. The number of amides is 1. The number of methoxy groups -OCH3 is 1. The largest absolute Gasteiger partial charge is 0.469 e. The lowest BCUT2D eigenvalue weighted by atomic mass is 10.1. The summed E-state index contributed by atoms with van der Waals surface area (Å²) in [5.74, 6) is 0.757. The van der Waals surface area contributed by atoms with Gasteiger partial charge in [0.25, 0.3) is 0 Å². The van der Waals surface area contributed by atoms with E-state index in [0.717, 1.165) is 25.3 Å². The number of hydrogen-bond donors (Lipinski definition) is 1. The quantitative estimate of drug-likeness (QED) is 0.674. The molecule has 0 aliphatic carbocycles. The molecule has 0 spiro atoms. The number of carbonyl (C=O) groups is 2. The number of nitrogens with zero attached hydrogens (tertiary/aromatic N) is 2. The van der Waals surface area contributed by atoms with Crippen LogP contribution in [-0.4, -0.2) is 79.1 Å². The Hall–Kier alpha value is -0.790. The van der Waals surface area contributed by atoms with Gasteiger partial charge in [-0.05, 0) is 25.4 Å². The molecule has 1 heterocycles. The zero-order valence-corrected chi connectivity index (χ0v) is 14.0. The molecule has 2 N–H and O–H groups in total. The molecule has 1 fully saturated rings. The van der Waals surface area contributed by atoms with Gasteiger partial charge in [0.05, 0.1) is 19.6 Å². The van der Waals surface area contributed by atoms with Crippen molar-refractivity contribution in [2.24, 2.45) is 5.73 Å². The van der Waals surface area contributed by atoms with Crippen LogP contribution >= 0.6 is 11.8 Å². The van der Waals surface area contributed by atoms with Crippen LogP contribution in [0.25, 0.3) is 0 Å². The molecule has 21 heavy (non-hydrogen) atoms. The van der Waals surface area contributed by atoms with E-state index in [4.69, 9.17) is 10.5 Å². The fraction of sp³-hybridized carbons (Fsp3) is 0.857. The molecule has 0 aromatic rings. The summed E-state index contributed by atoms with van der Waals surface area (Å²) in [6, 6.07) is -0.253. The van der Waals surface area contributed by atoms with Gasteiger partial charge in [-0.2, -0.15) is 11.8 Å². The Morgan fingerprint density at radius 1 is 1.29 bits per heavy atom. The summed E-state index contributed by atoms with van der Waals surface area (Å²) in [4.78, 5) is 27.6. The Bertz CT molecular complexity index is 346. The van der Waals surface area contributed by atoms with E-state index in [1.54, 1.807) is 11.8 Å². The summed E-state index contributed by atoms with van der Waals surface area (Å²) in [6.07, 6.45) is 3.12. The number of rotatable bonds is 7. The van der Waals surface area contributed by atoms with Crippen molar-refractivity contribution >= 4 is 23.6 Å². The van der Waals surface area contributed by atoms with Crippen LogP contribution in [0.2, 0.25) is 0 Å². The molecule has 1 saturated heterocycles. The van der Waals surface area contributed by atoms with E-state index >= 15 is 0 Å². The average Bonchev–Trinajstić information content (AvgIpc) is 2.51. The number of hydrogen-bond acceptors (Lipinski definition) is 6. The Labute approximate surface area is 131 Å². The van der Waals surface area contributed by atoms with Crippen LogP contribution in [-0.2, 0) is 14.3 Å². The van der Waals surface area contributed by atoms with Crippen LogP contribution < -0.4 is 5.73 Å². The van der Waals surface area contributed by atoms with E-state index in [1.807, 2.05) is 18.1 Å². The third-order valence-electron chi connectivity index (χ3n) is 3.89. The van der Waals surface area contributed by atoms with Gasteiger partial charge >= 0.3 is 5.97 Å². The molecule has 0 saturated carbocycles. The van der Waals surface area contributed by atoms with Crippen LogP contribution in [0.3, 0.4) is 0 Å². The average molecular weight is 317 g/mol. The highest BCUT2D eigenvalue weighted by Gasteiger charge is 2.27. The van der Waals surface area contributed by atoms with Crippen molar-refractivity contribution in [3.8, 4) is 0 Å². The van der Waals surface area contributed by atoms with Crippen molar-refractivity contribution in [1.29, 1.82) is 0 Å². The molecule has 1 aliphatic rings. The van der Waals surface area contributed by atoms with E-state index in [1.165, 1.54) is 7.11 Å². The van der Waals surface area contributed by atoms with E-state index in [-0.39, 0.29) is 17.9 Å². The molecular formula is C14H27N3O3S. The van der Waals surface area contributed by atoms with Gasteiger partial charge in [0.1, 0.15) is 0 Å². The highest BCUT2D eigenvalue weighted by atomic mass is 32.2. The van der Waals surface area contributed by atoms with Crippen molar-refractivity contribution in [3.05, 3.63) is 0 Å². The van der Waals surface area contributed by atoms with E-state index in [0.29, 0.717) is 19.5 Å². The minimum atomic E-state index is -0.392. The summed E-state index contributed by atoms with van der Waals surface area (Å²) in [5.41, 5.74) is 5.93. The van der Waals surface area contributed by atoms with Gasteiger partial charge in [-0.25, -0.2) is 0 Å². The first-order chi connectivity index (χ1) is 9.99. The maximum atomic E-state index is 12.2. The summed E-state index contributed by atoms with van der Waals surface area (Å²) >= 11 is 1.70. The molecule has 7 heteroatoms. The monoisotopic (exact) mass is 317 g/mol. The number of esters is 1. The van der Waals surface area contributed by atoms with Gasteiger partial charge in [-0.1, -0.05) is 0 Å². The zero-order valence-electron chi connectivity index (χ0n) is 13.2. The minimum absolute atomic E-state index is 0.0457. The second-order valence-corrected chi connectivity index (χ2v) is 6.36. The van der Waals surface area contributed by atoms with Crippen LogP contribution in [0.1, 0.15) is 19.8 Å². The SMILES string of the molecule is COC(=O)CC(C)N1CCN(C(=O)C(N)CCSC)CC1. The van der Waals surface area contributed by atoms with Gasteiger partial charge in [0.2, 0.25) is 5.91 Å². The molecule has 0 bridgehead atoms. The highest BCUT2D eigenvalue weighted by Crippen LogP contribution is 2.11. The predicted octanol–water partition coefficient (Wildman–Crippen LogP) is 0.163. The summed E-state index contributed by atoms with van der Waals surface area (Å²) < 4.78 is 4.69. The normalized spacial score (nSPS) is 19.1. The topological polar surface area (TPSA) is 75.9 Å². The molecule has 0 radical (unpaired) electrons. The molecule has 2 unspecified atom stereocenters. The third kappa shape index (κ3) is 5.84. The predicted molar refractivity (Wildman–Crippen MR) is 85.2 cm³/mol. The summed E-state index contributed by atoms with van der Waals surface area (Å²) in [6.45, 7) is 4.92. The van der Waals surface area contributed by atoms with E-state index < -0.39 is 6.04 Å². The maximum Gasteiger partial charge on any atom is 0.307 e. The fourth-order valence-electron chi connectivity index (χ4n) is 2.44. The van der Waals surface area contributed by atoms with Gasteiger partial charge < -0.3 is 15.4 Å². The standard InChI is InChI=1S/C14H27N3O3S/c1-11(10-13(18)20-2)16-5-7-17(8-6-16)14(19)12(15)4-9-21-3/h11-12H,4-10,15H2,1-3H3. The first-order valence-corrected chi connectivity index (χ1v) is 8.73. The molecular weight excluding hydrogens is 290 g/mol. The van der Waals surface area contributed by atoms with Crippen molar-refractivity contribution in [2.75, 3.05) is 45.3 Å². The molecule has 0 aromatic carbocycles. The lowest BCUT2D eigenvalue weighted by Crippen LogP contribution is -2.55. The van der Waals surface area contributed by atoms with E-state index in [9.17, 15) is 9.59 Å². The molecule has 1 aliphatic heterocycles. The fourth-order valence-corrected chi connectivity index (χ4v) is 2.93. The van der Waals surface area contributed by atoms with Crippen LogP contribution in [0.4, 0.5) is 0 Å². The van der Waals surface area contributed by atoms with Crippen LogP contribution in [0.5, 0.6) is 0 Å². The Balaban J connectivity index is 2.37. The zero-order chi connectivity index (χ0) is 15.8. The first kappa shape index (κ1) is 18.3. The number of thioether (sulfide) groups is 1. The van der Waals surface area contributed by atoms with Crippen molar-refractivity contribution in [2.45, 2.75) is 31.8 Å². The Morgan fingerprint density at radius 3 is 2.43 bits per heavy atom. The van der Waals surface area contributed by atoms with Crippen molar-refractivity contribution in [3.63, 3.8) is 0 Å². The number of nitrogens with two attached hydrogens (primary N) is 1. The van der Waals surface area contributed by atoms with Gasteiger partial charge in [-0.3, -0.25) is 14.5 Å². The molecule has 122 valence electrons. The molecule has 1 amide bonds. The maximum absolute atomic E-state index is 12.2. The number of carbonyl (C=O) groups excluding carboxylic acids is 2. The summed E-state index contributed by atoms with van der Waals surface area (Å²) in [5, 5.41) is 0. The van der Waals surface area contributed by atoms with Crippen LogP contribution in [0, 0.1) is 0 Å². The number of piperazine rings is 1.